The molecule has 0 unspecified atom stereocenters. The molecule has 2 nitrogen and oxygen atoms in total. The number of hydrogen-bond donors (Lipinski definition) is 1. The molecule has 0 saturated carbocycles. The van der Waals surface area contributed by atoms with Crippen molar-refractivity contribution in [3.05, 3.63) is 0 Å². The Morgan fingerprint density at radius 3 is 1.58 bits per heavy atom. The number of hydrogen-bond acceptors (Lipinski definition) is 1. The second-order valence-corrected chi connectivity index (χ2v) is 7.24. The lowest BCUT2D eigenvalue weighted by atomic mass is 10.1. The summed E-state index contributed by atoms with van der Waals surface area (Å²) in [6, 6.07) is 0. The Bertz CT molecular complexity index is 227. The van der Waals surface area contributed by atoms with Crippen molar-refractivity contribution in [2.75, 3.05) is 13.1 Å². The van der Waals surface area contributed by atoms with Crippen LogP contribution in [0.2, 0.25) is 0 Å². The molecule has 114 valence electrons. The van der Waals surface area contributed by atoms with Gasteiger partial charge in [-0.3, -0.25) is 5.41 Å². The van der Waals surface area contributed by atoms with Crippen molar-refractivity contribution in [3.63, 3.8) is 0 Å². The van der Waals surface area contributed by atoms with Crippen LogP contribution in [0.25, 0.3) is 0 Å². The zero-order chi connectivity index (χ0) is 14.7. The average Bonchev–Trinajstić information content (AvgIpc) is 2.35. The Labute approximate surface area is 133 Å². The van der Waals surface area contributed by atoms with E-state index < -0.39 is 3.79 Å². The minimum absolute atomic E-state index is 0.116. The van der Waals surface area contributed by atoms with Gasteiger partial charge < -0.3 is 4.90 Å². The van der Waals surface area contributed by atoms with Gasteiger partial charge in [0.05, 0.1) is 0 Å². The Morgan fingerprint density at radius 2 is 1.26 bits per heavy atom. The second-order valence-electron chi connectivity index (χ2n) is 4.95. The third-order valence-corrected chi connectivity index (χ3v) is 3.68. The van der Waals surface area contributed by atoms with Crippen LogP contribution in [0.5, 0.6) is 0 Å². The molecule has 0 bridgehead atoms. The molecule has 0 fully saturated rings. The van der Waals surface area contributed by atoms with E-state index in [9.17, 15) is 0 Å². The fourth-order valence-corrected chi connectivity index (χ4v) is 2.33. The molecule has 0 saturated heterocycles. The maximum absolute atomic E-state index is 7.99. The summed E-state index contributed by atoms with van der Waals surface area (Å²) in [6.45, 7) is 6.01. The zero-order valence-electron chi connectivity index (χ0n) is 12.2. The lowest BCUT2D eigenvalue weighted by molar-refractivity contribution is 0.380. The van der Waals surface area contributed by atoms with E-state index in [4.69, 9.17) is 40.2 Å². The molecule has 0 atom stereocenters. The molecule has 1 N–H and O–H groups in total. The number of nitrogens with zero attached hydrogens (tertiary/aromatic N) is 1. The highest BCUT2D eigenvalue weighted by Crippen LogP contribution is 2.29. The molecule has 0 aromatic rings. The van der Waals surface area contributed by atoms with Crippen LogP contribution in [0.15, 0.2) is 0 Å². The van der Waals surface area contributed by atoms with Crippen molar-refractivity contribution in [1.82, 2.24) is 4.90 Å². The van der Waals surface area contributed by atoms with E-state index in [0.717, 1.165) is 25.9 Å². The summed E-state index contributed by atoms with van der Waals surface area (Å²) in [6.07, 6.45) is 9.34. The van der Waals surface area contributed by atoms with Crippen LogP contribution in [-0.2, 0) is 0 Å². The first-order chi connectivity index (χ1) is 8.93. The summed E-state index contributed by atoms with van der Waals surface area (Å²) < 4.78 is -1.60. The molecule has 0 aromatic carbocycles. The standard InChI is InChI=1S/C14H27Cl3N2/c1-3-5-7-9-11-19(12-10-8-6-4-2)13(18)14(15,16)17/h18H,3-12H2,1-2H3. The summed E-state index contributed by atoms with van der Waals surface area (Å²) in [7, 11) is 0. The molecule has 0 aromatic heterocycles. The van der Waals surface area contributed by atoms with E-state index in [1.807, 2.05) is 4.90 Å². The van der Waals surface area contributed by atoms with Crippen LogP contribution < -0.4 is 0 Å². The van der Waals surface area contributed by atoms with Gasteiger partial charge in [0.15, 0.2) is 0 Å². The maximum Gasteiger partial charge on any atom is 0.247 e. The third kappa shape index (κ3) is 9.81. The summed E-state index contributed by atoms with van der Waals surface area (Å²) in [5.74, 6) is 0.116. The average molecular weight is 330 g/mol. The van der Waals surface area contributed by atoms with Gasteiger partial charge in [-0.25, -0.2) is 0 Å². The molecule has 5 heteroatoms. The Hall–Kier alpha value is 0.340. The van der Waals surface area contributed by atoms with Crippen molar-refractivity contribution in [2.24, 2.45) is 0 Å². The van der Waals surface area contributed by atoms with Gasteiger partial charge in [0.2, 0.25) is 3.79 Å². The summed E-state index contributed by atoms with van der Waals surface area (Å²) in [4.78, 5) is 1.93. The van der Waals surface area contributed by atoms with E-state index >= 15 is 0 Å². The maximum atomic E-state index is 7.99. The number of alkyl halides is 3. The van der Waals surface area contributed by atoms with E-state index in [1.165, 1.54) is 38.5 Å². The van der Waals surface area contributed by atoms with Crippen LogP contribution in [0.3, 0.4) is 0 Å². The normalized spacial score (nSPS) is 11.6. The molecule has 0 aliphatic rings. The number of amidine groups is 1. The third-order valence-electron chi connectivity index (χ3n) is 3.15. The monoisotopic (exact) mass is 328 g/mol. The van der Waals surface area contributed by atoms with Crippen molar-refractivity contribution in [1.29, 1.82) is 5.41 Å². The van der Waals surface area contributed by atoms with Gasteiger partial charge >= 0.3 is 0 Å². The van der Waals surface area contributed by atoms with E-state index in [2.05, 4.69) is 13.8 Å². The van der Waals surface area contributed by atoms with Crippen molar-refractivity contribution < 1.29 is 0 Å². The molecule has 0 aliphatic heterocycles. The smallest absolute Gasteiger partial charge is 0.247 e. The summed E-state index contributed by atoms with van der Waals surface area (Å²) >= 11 is 17.5. The van der Waals surface area contributed by atoms with E-state index in [-0.39, 0.29) is 5.84 Å². The predicted molar refractivity (Wildman–Crippen MR) is 87.9 cm³/mol. The quantitative estimate of drug-likeness (QED) is 0.233. The Kier molecular flexibility index (Phi) is 11.2. The molecular weight excluding hydrogens is 303 g/mol. The van der Waals surface area contributed by atoms with Crippen molar-refractivity contribution in [2.45, 2.75) is 69.0 Å². The minimum atomic E-state index is -1.60. The fourth-order valence-electron chi connectivity index (χ4n) is 1.97. The lowest BCUT2D eigenvalue weighted by Crippen LogP contribution is -2.40. The van der Waals surface area contributed by atoms with E-state index in [1.54, 1.807) is 0 Å². The molecule has 0 heterocycles. The van der Waals surface area contributed by atoms with Gasteiger partial charge in [-0.2, -0.15) is 0 Å². The van der Waals surface area contributed by atoms with Crippen LogP contribution in [-0.4, -0.2) is 27.6 Å². The van der Waals surface area contributed by atoms with Crippen molar-refractivity contribution in [3.8, 4) is 0 Å². The van der Waals surface area contributed by atoms with E-state index in [0.29, 0.717) is 0 Å². The number of rotatable bonds is 10. The van der Waals surface area contributed by atoms with Crippen LogP contribution in [0, 0.1) is 5.41 Å². The first kappa shape index (κ1) is 19.3. The summed E-state index contributed by atoms with van der Waals surface area (Å²) in [5.41, 5.74) is 0. The molecule has 0 amide bonds. The molecule has 19 heavy (non-hydrogen) atoms. The highest BCUT2D eigenvalue weighted by atomic mass is 35.6. The summed E-state index contributed by atoms with van der Waals surface area (Å²) in [5, 5.41) is 7.99. The first-order valence-corrected chi connectivity index (χ1v) is 8.47. The van der Waals surface area contributed by atoms with Gasteiger partial charge in [0.1, 0.15) is 5.84 Å². The van der Waals surface area contributed by atoms with Crippen LogP contribution >= 0.6 is 34.8 Å². The number of unbranched alkanes of at least 4 members (excludes halogenated alkanes) is 6. The van der Waals surface area contributed by atoms with Crippen molar-refractivity contribution >= 4 is 40.6 Å². The highest BCUT2D eigenvalue weighted by Gasteiger charge is 2.30. The molecule has 0 radical (unpaired) electrons. The minimum Gasteiger partial charge on any atom is -0.357 e. The van der Waals surface area contributed by atoms with Gasteiger partial charge in [0, 0.05) is 13.1 Å². The second kappa shape index (κ2) is 11.0. The molecule has 0 aliphatic carbocycles. The SMILES string of the molecule is CCCCCCN(CCCCCC)C(=N)C(Cl)(Cl)Cl. The topological polar surface area (TPSA) is 27.1 Å². The number of halogens is 3. The molecule has 0 spiro atoms. The molecular formula is C14H27Cl3N2. The Balaban J connectivity index is 4.18. The van der Waals surface area contributed by atoms with Crippen LogP contribution in [0.4, 0.5) is 0 Å². The molecule has 0 rings (SSSR count). The highest BCUT2D eigenvalue weighted by molar-refractivity contribution is 6.76. The Morgan fingerprint density at radius 1 is 0.842 bits per heavy atom. The largest absolute Gasteiger partial charge is 0.357 e. The van der Waals surface area contributed by atoms with Gasteiger partial charge in [-0.1, -0.05) is 87.2 Å². The zero-order valence-corrected chi connectivity index (χ0v) is 14.4. The van der Waals surface area contributed by atoms with Crippen LogP contribution in [0.1, 0.15) is 65.2 Å². The fraction of sp³-hybridized carbons (Fsp3) is 0.929. The number of nitrogens with one attached hydrogen (secondary N) is 1. The van der Waals surface area contributed by atoms with Gasteiger partial charge in [-0.15, -0.1) is 0 Å². The van der Waals surface area contributed by atoms with Gasteiger partial charge in [0.25, 0.3) is 0 Å². The van der Waals surface area contributed by atoms with Gasteiger partial charge in [-0.05, 0) is 12.8 Å². The lowest BCUT2D eigenvalue weighted by Gasteiger charge is -2.28. The predicted octanol–water partition coefficient (Wildman–Crippen LogP) is 5.80. The first-order valence-electron chi connectivity index (χ1n) is 7.34.